The summed E-state index contributed by atoms with van der Waals surface area (Å²) >= 11 is 0. The summed E-state index contributed by atoms with van der Waals surface area (Å²) in [6.45, 7) is 7.55. The molecule has 0 aromatic heterocycles. The van der Waals surface area contributed by atoms with Gasteiger partial charge in [-0.05, 0) is 38.1 Å². The summed E-state index contributed by atoms with van der Waals surface area (Å²) in [4.78, 5) is 4.26. The molecule has 0 spiro atoms. The molecule has 0 amide bonds. The fourth-order valence-corrected chi connectivity index (χ4v) is 2.07. The van der Waals surface area contributed by atoms with E-state index in [1.807, 2.05) is 17.0 Å². The molecular weight excluding hydrogens is 299 g/mol. The zero-order valence-electron chi connectivity index (χ0n) is 12.2. The van der Waals surface area contributed by atoms with Crippen LogP contribution < -0.4 is 9.80 Å². The van der Waals surface area contributed by atoms with E-state index < -0.39 is 0 Å². The number of hydrogen-bond donors (Lipinski definition) is 2. The van der Waals surface area contributed by atoms with Gasteiger partial charge in [0.25, 0.3) is 0 Å². The van der Waals surface area contributed by atoms with Gasteiger partial charge in [-0.1, -0.05) is 0 Å². The van der Waals surface area contributed by atoms with Crippen molar-refractivity contribution in [2.45, 2.75) is 13.8 Å². The summed E-state index contributed by atoms with van der Waals surface area (Å²) in [5.41, 5.74) is 2.24. The lowest BCUT2D eigenvalue weighted by molar-refractivity contribution is 0.281. The van der Waals surface area contributed by atoms with Gasteiger partial charge in [-0.3, -0.25) is 0 Å². The van der Waals surface area contributed by atoms with Gasteiger partial charge >= 0.3 is 0 Å². The molecule has 0 aliphatic heterocycles. The molecule has 1 aromatic carbocycles. The topological polar surface area (TPSA) is 46.9 Å². The third kappa shape index (κ3) is 6.18. The maximum Gasteiger partial charge on any atom is 0.0606 e. The minimum Gasteiger partial charge on any atom is -0.395 e. The highest BCUT2D eigenvalue weighted by molar-refractivity contribution is 5.85. The van der Waals surface area contributed by atoms with E-state index in [0.29, 0.717) is 13.1 Å². The van der Waals surface area contributed by atoms with Gasteiger partial charge < -0.3 is 20.0 Å². The van der Waals surface area contributed by atoms with Crippen LogP contribution in [0.2, 0.25) is 0 Å². The summed E-state index contributed by atoms with van der Waals surface area (Å²) in [5, 5.41) is 18.0. The van der Waals surface area contributed by atoms with Crippen LogP contribution in [0.5, 0.6) is 0 Å². The van der Waals surface area contributed by atoms with Gasteiger partial charge in [0.2, 0.25) is 0 Å². The highest BCUT2D eigenvalue weighted by atomic mass is 35.5. The third-order valence-electron chi connectivity index (χ3n) is 3.08. The van der Waals surface area contributed by atoms with E-state index in [0.717, 1.165) is 18.8 Å². The molecule has 2 N–H and O–H groups in total. The Balaban J connectivity index is 0. The maximum absolute atomic E-state index is 9.01. The monoisotopic (exact) mass is 324 g/mol. The van der Waals surface area contributed by atoms with Gasteiger partial charge in [0.15, 0.2) is 0 Å². The number of halogens is 2. The molecule has 1 rings (SSSR count). The van der Waals surface area contributed by atoms with Crippen LogP contribution in [0.15, 0.2) is 24.3 Å². The van der Waals surface area contributed by atoms with E-state index in [4.69, 9.17) is 10.2 Å². The van der Waals surface area contributed by atoms with Crippen molar-refractivity contribution in [2.24, 2.45) is 0 Å². The molecule has 0 unspecified atom stereocenters. The second-order valence-electron chi connectivity index (χ2n) is 4.12. The van der Waals surface area contributed by atoms with Gasteiger partial charge in [-0.2, -0.15) is 0 Å². The fraction of sp³-hybridized carbons (Fsp3) is 0.571. The molecule has 6 heteroatoms. The Morgan fingerprint density at radius 2 is 1.10 bits per heavy atom. The minimum atomic E-state index is 0. The van der Waals surface area contributed by atoms with E-state index >= 15 is 0 Å². The van der Waals surface area contributed by atoms with Crippen LogP contribution >= 0.6 is 24.8 Å². The highest BCUT2D eigenvalue weighted by Gasteiger charge is 2.06. The summed E-state index contributed by atoms with van der Waals surface area (Å²) in [6, 6.07) is 8.26. The van der Waals surface area contributed by atoms with Crippen molar-refractivity contribution < 1.29 is 10.2 Å². The quantitative estimate of drug-likeness (QED) is 0.769. The first-order valence-electron chi connectivity index (χ1n) is 6.58. The maximum atomic E-state index is 9.01. The molecule has 0 aliphatic rings. The summed E-state index contributed by atoms with van der Waals surface area (Å²) in [6.07, 6.45) is 0. The van der Waals surface area contributed by atoms with Crippen molar-refractivity contribution in [1.29, 1.82) is 0 Å². The van der Waals surface area contributed by atoms with E-state index in [-0.39, 0.29) is 38.0 Å². The van der Waals surface area contributed by atoms with Crippen LogP contribution in [0.4, 0.5) is 11.4 Å². The second kappa shape index (κ2) is 12.1. The summed E-state index contributed by atoms with van der Waals surface area (Å²) < 4.78 is 0. The normalized spacial score (nSPS) is 9.40. The largest absolute Gasteiger partial charge is 0.395 e. The predicted octanol–water partition coefficient (Wildman–Crippen LogP) is 2.17. The smallest absolute Gasteiger partial charge is 0.0606 e. The van der Waals surface area contributed by atoms with Crippen molar-refractivity contribution in [2.75, 3.05) is 49.2 Å². The van der Waals surface area contributed by atoms with Crippen LogP contribution in [0.1, 0.15) is 13.8 Å². The average Bonchev–Trinajstić information content (AvgIpc) is 2.41. The minimum absolute atomic E-state index is 0. The van der Waals surface area contributed by atoms with Crippen LogP contribution in [-0.2, 0) is 0 Å². The standard InChI is InChI=1S/C14H24N2O2.2ClH/c1-3-15(4-2)13-5-7-14(8-6-13)16(9-11-17)10-12-18;;/h5-8,17-18H,3-4,9-12H2,1-2H3;2*1H. The number of benzene rings is 1. The molecular formula is C14H26Cl2N2O2. The second-order valence-corrected chi connectivity index (χ2v) is 4.12. The Morgan fingerprint density at radius 3 is 1.40 bits per heavy atom. The number of aliphatic hydroxyl groups excluding tert-OH is 2. The van der Waals surface area contributed by atoms with Gasteiger partial charge in [0.05, 0.1) is 13.2 Å². The van der Waals surface area contributed by atoms with Crippen molar-refractivity contribution in [3.8, 4) is 0 Å². The van der Waals surface area contributed by atoms with E-state index in [9.17, 15) is 0 Å². The van der Waals surface area contributed by atoms with Crippen LogP contribution in [0.3, 0.4) is 0 Å². The molecule has 0 saturated heterocycles. The van der Waals surface area contributed by atoms with Gasteiger partial charge in [0.1, 0.15) is 0 Å². The average molecular weight is 325 g/mol. The first-order valence-corrected chi connectivity index (χ1v) is 6.58. The zero-order valence-corrected chi connectivity index (χ0v) is 13.8. The highest BCUT2D eigenvalue weighted by Crippen LogP contribution is 2.20. The molecule has 0 saturated carbocycles. The lowest BCUT2D eigenvalue weighted by atomic mass is 10.2. The van der Waals surface area contributed by atoms with Crippen molar-refractivity contribution in [3.63, 3.8) is 0 Å². The Labute approximate surface area is 134 Å². The van der Waals surface area contributed by atoms with Gasteiger partial charge in [0, 0.05) is 37.6 Å². The Hall–Kier alpha value is -0.680. The third-order valence-corrected chi connectivity index (χ3v) is 3.08. The molecule has 118 valence electrons. The molecule has 20 heavy (non-hydrogen) atoms. The number of hydrogen-bond acceptors (Lipinski definition) is 4. The van der Waals surface area contributed by atoms with Crippen LogP contribution in [0, 0.1) is 0 Å². The van der Waals surface area contributed by atoms with Crippen molar-refractivity contribution in [3.05, 3.63) is 24.3 Å². The number of nitrogens with zero attached hydrogens (tertiary/aromatic N) is 2. The van der Waals surface area contributed by atoms with E-state index in [1.54, 1.807) is 0 Å². The summed E-state index contributed by atoms with van der Waals surface area (Å²) in [7, 11) is 0. The van der Waals surface area contributed by atoms with Crippen LogP contribution in [0.25, 0.3) is 0 Å². The lowest BCUT2D eigenvalue weighted by Crippen LogP contribution is -2.29. The Kier molecular flexibility index (Phi) is 13.1. The number of anilines is 2. The molecule has 0 atom stereocenters. The van der Waals surface area contributed by atoms with Gasteiger partial charge in [-0.25, -0.2) is 0 Å². The fourth-order valence-electron chi connectivity index (χ4n) is 2.07. The van der Waals surface area contributed by atoms with E-state index in [2.05, 4.69) is 30.9 Å². The molecule has 1 aromatic rings. The van der Waals surface area contributed by atoms with Gasteiger partial charge in [-0.15, -0.1) is 24.8 Å². The van der Waals surface area contributed by atoms with Crippen molar-refractivity contribution >= 4 is 36.2 Å². The SMILES string of the molecule is CCN(CC)c1ccc(N(CCO)CCO)cc1.Cl.Cl. The molecule has 0 radical (unpaired) electrons. The Morgan fingerprint density at radius 1 is 0.750 bits per heavy atom. The van der Waals surface area contributed by atoms with Crippen molar-refractivity contribution in [1.82, 2.24) is 0 Å². The molecule has 0 fully saturated rings. The first kappa shape index (κ1) is 21.6. The predicted molar refractivity (Wildman–Crippen MR) is 90.9 cm³/mol. The number of aliphatic hydroxyl groups is 2. The molecule has 0 bridgehead atoms. The lowest BCUT2D eigenvalue weighted by Gasteiger charge is -2.25. The zero-order chi connectivity index (χ0) is 13.4. The molecule has 0 aliphatic carbocycles. The number of rotatable bonds is 8. The Bertz CT molecular complexity index is 326. The van der Waals surface area contributed by atoms with Crippen LogP contribution in [-0.4, -0.2) is 49.6 Å². The van der Waals surface area contributed by atoms with E-state index in [1.165, 1.54) is 5.69 Å². The first-order chi connectivity index (χ1) is 8.76. The molecule has 0 heterocycles. The summed E-state index contributed by atoms with van der Waals surface area (Å²) in [5.74, 6) is 0. The molecule has 4 nitrogen and oxygen atoms in total.